The van der Waals surface area contributed by atoms with Gasteiger partial charge in [0.25, 0.3) is 0 Å². The highest BCUT2D eigenvalue weighted by Crippen LogP contribution is 2.50. The molecule has 5 aromatic rings. The molecule has 36 heavy (non-hydrogen) atoms. The lowest BCUT2D eigenvalue weighted by Gasteiger charge is -2.41. The minimum Gasteiger partial charge on any atom is -0.408 e. The number of aromatic nitrogens is 6. The van der Waals surface area contributed by atoms with Crippen LogP contribution in [0.15, 0.2) is 55.8 Å². The summed E-state index contributed by atoms with van der Waals surface area (Å²) in [5.41, 5.74) is 11.1. The van der Waals surface area contributed by atoms with E-state index in [0.717, 1.165) is 48.9 Å². The van der Waals surface area contributed by atoms with Crippen LogP contribution in [0.5, 0.6) is 0 Å². The number of benzene rings is 1. The van der Waals surface area contributed by atoms with Crippen molar-refractivity contribution in [2.24, 2.45) is 11.1 Å². The molecule has 7 rings (SSSR count). The molecule has 0 unspecified atom stereocenters. The van der Waals surface area contributed by atoms with Crippen molar-refractivity contribution in [2.75, 3.05) is 18.0 Å². The van der Waals surface area contributed by atoms with E-state index in [2.05, 4.69) is 35.9 Å². The summed E-state index contributed by atoms with van der Waals surface area (Å²) in [6.45, 7) is 1.70. The van der Waals surface area contributed by atoms with Gasteiger partial charge in [0, 0.05) is 35.9 Å². The van der Waals surface area contributed by atoms with Gasteiger partial charge in [-0.15, -0.1) is 0 Å². The highest BCUT2D eigenvalue weighted by Gasteiger charge is 2.46. The number of hydrogen-bond acceptors (Lipinski definition) is 9. The molecular weight excluding hydrogens is 500 g/mol. The topological polar surface area (TPSA) is 143 Å². The van der Waals surface area contributed by atoms with E-state index in [-0.39, 0.29) is 11.5 Å². The average Bonchev–Trinajstić information content (AvgIpc) is 3.54. The van der Waals surface area contributed by atoms with Gasteiger partial charge < -0.3 is 20.0 Å². The molecule has 10 nitrogen and oxygen atoms in total. The van der Waals surface area contributed by atoms with Gasteiger partial charge in [-0.25, -0.2) is 14.8 Å². The lowest BCUT2D eigenvalue weighted by atomic mass is 9.73. The second-order valence-electron chi connectivity index (χ2n) is 9.38. The smallest absolute Gasteiger partial charge is 0.408 e. The van der Waals surface area contributed by atoms with Crippen LogP contribution in [0.1, 0.15) is 30.1 Å². The monoisotopic (exact) mass is 520 g/mol. The molecule has 0 saturated carbocycles. The predicted octanol–water partition coefficient (Wildman–Crippen LogP) is 3.83. The summed E-state index contributed by atoms with van der Waals surface area (Å²) in [7, 11) is 0. The third-order valence-corrected chi connectivity index (χ3v) is 8.53. The van der Waals surface area contributed by atoms with Crippen molar-refractivity contribution >= 4 is 51.7 Å². The van der Waals surface area contributed by atoms with Gasteiger partial charge in [-0.2, -0.15) is 4.98 Å². The van der Waals surface area contributed by atoms with Crippen molar-refractivity contribution in [1.29, 1.82) is 0 Å². The quantitative estimate of drug-likeness (QED) is 0.323. The van der Waals surface area contributed by atoms with Crippen molar-refractivity contribution in [3.8, 4) is 0 Å². The number of piperidine rings is 1. The largest absolute Gasteiger partial charge is 0.417 e. The first-order valence-corrected chi connectivity index (χ1v) is 12.8. The van der Waals surface area contributed by atoms with Gasteiger partial charge in [0.15, 0.2) is 16.9 Å². The number of hydrogen-bond donors (Lipinski definition) is 3. The van der Waals surface area contributed by atoms with Gasteiger partial charge in [0.2, 0.25) is 5.95 Å². The number of H-pyrrole nitrogens is 2. The summed E-state index contributed by atoms with van der Waals surface area (Å²) in [4.78, 5) is 38.9. The van der Waals surface area contributed by atoms with Crippen LogP contribution in [0.4, 0.5) is 5.95 Å². The fourth-order valence-corrected chi connectivity index (χ4v) is 6.59. The Bertz CT molecular complexity index is 1690. The highest BCUT2D eigenvalue weighted by atomic mass is 35.5. The molecule has 12 heteroatoms. The number of anilines is 1. The molecule has 4 N–H and O–H groups in total. The fourth-order valence-electron chi connectivity index (χ4n) is 5.44. The molecule has 1 saturated heterocycles. The summed E-state index contributed by atoms with van der Waals surface area (Å²) in [5.74, 6) is 0.225. The summed E-state index contributed by atoms with van der Waals surface area (Å²) in [6.07, 6.45) is 6.41. The van der Waals surface area contributed by atoms with Crippen LogP contribution < -0.4 is 16.4 Å². The molecule has 1 fully saturated rings. The van der Waals surface area contributed by atoms with Crippen LogP contribution >= 0.6 is 23.4 Å². The molecule has 1 spiro atoms. The van der Waals surface area contributed by atoms with Gasteiger partial charge in [-0.1, -0.05) is 29.4 Å². The maximum Gasteiger partial charge on any atom is 0.417 e. The molecule has 4 aromatic heterocycles. The third-order valence-electron chi connectivity index (χ3n) is 7.35. The Labute approximate surface area is 213 Å². The second-order valence-corrected chi connectivity index (χ2v) is 10.9. The zero-order valence-electron chi connectivity index (χ0n) is 19.0. The summed E-state index contributed by atoms with van der Waals surface area (Å²) in [5, 5.41) is 1.08. The molecule has 0 amide bonds. The SMILES string of the molecule is N[C@@H]1c2cccnc2CC12CCN(c1nc3ncc(Sc4cc(Cl)c5[nH]c(=O)oc5c4)nc3[nH]1)CC2. The first kappa shape index (κ1) is 21.8. The number of aromatic amines is 2. The molecule has 182 valence electrons. The van der Waals surface area contributed by atoms with Crippen LogP contribution in [0.25, 0.3) is 22.4 Å². The second kappa shape index (κ2) is 8.05. The van der Waals surface area contributed by atoms with Gasteiger partial charge in [0.05, 0.1) is 11.2 Å². The summed E-state index contributed by atoms with van der Waals surface area (Å²) >= 11 is 7.67. The van der Waals surface area contributed by atoms with E-state index in [1.165, 1.54) is 17.3 Å². The minimum atomic E-state index is -0.542. The van der Waals surface area contributed by atoms with Gasteiger partial charge in [-0.3, -0.25) is 9.97 Å². The molecule has 5 heterocycles. The van der Waals surface area contributed by atoms with Crippen molar-refractivity contribution < 1.29 is 4.42 Å². The van der Waals surface area contributed by atoms with Crippen molar-refractivity contribution in [2.45, 2.75) is 35.2 Å². The van der Waals surface area contributed by atoms with Gasteiger partial charge in [-0.05, 0) is 48.4 Å². The first-order chi connectivity index (χ1) is 17.5. The van der Waals surface area contributed by atoms with E-state index in [0.29, 0.717) is 32.4 Å². The lowest BCUT2D eigenvalue weighted by molar-refractivity contribution is 0.186. The number of oxazole rings is 1. The zero-order chi connectivity index (χ0) is 24.4. The summed E-state index contributed by atoms with van der Waals surface area (Å²) < 4.78 is 5.15. The standard InChI is InChI=1S/C24H21ClN8O2S/c25-14-8-12(9-16-18(14)30-23(34)35-16)36-17-11-28-20-21(29-17)32-22(31-20)33-6-3-24(4-7-33)10-15-13(19(24)26)2-1-5-27-15/h1-2,5,8-9,11,19H,3-4,6-7,10,26H2,(H,30,34)(H,28,29,31,32)/t19-/m1/s1. The normalized spacial score (nSPS) is 18.9. The molecule has 2 aliphatic rings. The van der Waals surface area contributed by atoms with Crippen LogP contribution in [0.3, 0.4) is 0 Å². The number of fused-ring (bicyclic) bond motifs is 3. The molecular formula is C24H21ClN8O2S. The van der Waals surface area contributed by atoms with Crippen LogP contribution in [0, 0.1) is 5.41 Å². The number of halogens is 1. The van der Waals surface area contributed by atoms with Crippen molar-refractivity contribution in [3.63, 3.8) is 0 Å². The minimum absolute atomic E-state index is 0.0222. The molecule has 1 aliphatic heterocycles. The van der Waals surface area contributed by atoms with E-state index in [1.807, 2.05) is 12.3 Å². The molecule has 0 radical (unpaired) electrons. The number of pyridine rings is 1. The molecule has 1 aromatic carbocycles. The number of nitrogens with one attached hydrogen (secondary N) is 2. The van der Waals surface area contributed by atoms with Crippen molar-refractivity contribution in [1.82, 2.24) is 29.9 Å². The Balaban J connectivity index is 1.10. The lowest BCUT2D eigenvalue weighted by Crippen LogP contribution is -2.44. The maximum absolute atomic E-state index is 11.5. The van der Waals surface area contributed by atoms with Gasteiger partial charge >= 0.3 is 5.76 Å². The highest BCUT2D eigenvalue weighted by molar-refractivity contribution is 7.99. The van der Waals surface area contributed by atoms with Crippen LogP contribution in [0.2, 0.25) is 5.02 Å². The van der Waals surface area contributed by atoms with Crippen LogP contribution in [-0.4, -0.2) is 43.0 Å². The first-order valence-electron chi connectivity index (χ1n) is 11.6. The van der Waals surface area contributed by atoms with E-state index < -0.39 is 5.76 Å². The molecule has 0 bridgehead atoms. The van der Waals surface area contributed by atoms with Crippen LogP contribution in [-0.2, 0) is 6.42 Å². The fraction of sp³-hybridized carbons (Fsp3) is 0.292. The number of imidazole rings is 1. The summed E-state index contributed by atoms with van der Waals surface area (Å²) in [6, 6.07) is 7.61. The Hall–Kier alpha value is -3.41. The molecule has 1 aliphatic carbocycles. The van der Waals surface area contributed by atoms with E-state index >= 15 is 0 Å². The molecule has 1 atom stereocenters. The van der Waals surface area contributed by atoms with Gasteiger partial charge in [0.1, 0.15) is 10.5 Å². The van der Waals surface area contributed by atoms with Crippen molar-refractivity contribution in [3.05, 3.63) is 63.5 Å². The Kier molecular flexibility index (Phi) is 4.88. The van der Waals surface area contributed by atoms with E-state index in [1.54, 1.807) is 18.3 Å². The Morgan fingerprint density at radius 1 is 1.19 bits per heavy atom. The number of rotatable bonds is 3. The average molecular weight is 521 g/mol. The maximum atomic E-state index is 11.5. The predicted molar refractivity (Wildman–Crippen MR) is 136 cm³/mol. The van der Waals surface area contributed by atoms with E-state index in [4.69, 9.17) is 26.7 Å². The Morgan fingerprint density at radius 2 is 2.06 bits per heavy atom. The van der Waals surface area contributed by atoms with E-state index in [9.17, 15) is 4.79 Å². The number of nitrogens with two attached hydrogens (primary N) is 1. The zero-order valence-corrected chi connectivity index (χ0v) is 20.6. The Morgan fingerprint density at radius 3 is 2.89 bits per heavy atom. The third kappa shape index (κ3) is 3.49. The number of nitrogens with zero attached hydrogens (tertiary/aromatic N) is 5.